The lowest BCUT2D eigenvalue weighted by Crippen LogP contribution is -2.49. The smallest absolute Gasteiger partial charge is 0.255 e. The molecule has 1 N–H and O–H groups in total. The van der Waals surface area contributed by atoms with Crippen molar-refractivity contribution in [1.29, 1.82) is 0 Å². The van der Waals surface area contributed by atoms with Crippen molar-refractivity contribution in [1.82, 2.24) is 14.9 Å². The molecule has 7 nitrogen and oxygen atoms in total. The molecule has 178 valence electrons. The number of carbonyl (C=O) groups is 1. The third-order valence-corrected chi connectivity index (χ3v) is 6.98. The number of anilines is 1. The highest BCUT2D eigenvalue weighted by molar-refractivity contribution is 7.98. The van der Waals surface area contributed by atoms with E-state index in [2.05, 4.69) is 46.1 Å². The van der Waals surface area contributed by atoms with Crippen LogP contribution in [0.2, 0.25) is 0 Å². The van der Waals surface area contributed by atoms with E-state index in [-0.39, 0.29) is 17.9 Å². The minimum absolute atomic E-state index is 0.0314. The molecule has 1 amide bonds. The standard InChI is InChI=1S/C26H30N4O3S/c1-18-6-4-8-21(14-18)29-10-12-30(13-11-29)24(31)16-23-19(2)27-26(28-25(23)32)34-17-20-7-5-9-22(15-20)33-3/h4-9,14-15H,10-13,16-17H2,1-3H3,(H,27,28,32). The highest BCUT2D eigenvalue weighted by Gasteiger charge is 2.23. The van der Waals surface area contributed by atoms with Crippen LogP contribution in [-0.2, 0) is 17.0 Å². The van der Waals surface area contributed by atoms with Gasteiger partial charge in [0.05, 0.1) is 13.5 Å². The number of nitrogens with one attached hydrogen (secondary N) is 1. The third-order valence-electron chi connectivity index (χ3n) is 6.04. The van der Waals surface area contributed by atoms with Gasteiger partial charge in [-0.05, 0) is 49.2 Å². The molecule has 34 heavy (non-hydrogen) atoms. The van der Waals surface area contributed by atoms with Crippen LogP contribution in [-0.4, -0.2) is 54.1 Å². The molecule has 2 aromatic carbocycles. The van der Waals surface area contributed by atoms with Gasteiger partial charge in [-0.1, -0.05) is 36.0 Å². The van der Waals surface area contributed by atoms with Gasteiger partial charge >= 0.3 is 0 Å². The summed E-state index contributed by atoms with van der Waals surface area (Å²) in [6.45, 7) is 6.73. The maximum atomic E-state index is 12.9. The Hall–Kier alpha value is -3.26. The number of hydrogen-bond donors (Lipinski definition) is 1. The highest BCUT2D eigenvalue weighted by Crippen LogP contribution is 2.22. The number of aryl methyl sites for hydroxylation is 2. The molecule has 1 aromatic heterocycles. The fourth-order valence-electron chi connectivity index (χ4n) is 4.08. The lowest BCUT2D eigenvalue weighted by molar-refractivity contribution is -0.130. The summed E-state index contributed by atoms with van der Waals surface area (Å²) in [6.07, 6.45) is 0.0689. The van der Waals surface area contributed by atoms with E-state index < -0.39 is 0 Å². The van der Waals surface area contributed by atoms with Crippen LogP contribution in [0.5, 0.6) is 5.75 Å². The molecular weight excluding hydrogens is 448 g/mol. The lowest BCUT2D eigenvalue weighted by Gasteiger charge is -2.36. The molecule has 1 saturated heterocycles. The second-order valence-electron chi connectivity index (χ2n) is 8.46. The van der Waals surface area contributed by atoms with Gasteiger partial charge in [-0.3, -0.25) is 9.59 Å². The fraction of sp³-hybridized carbons (Fsp3) is 0.346. The topological polar surface area (TPSA) is 78.5 Å². The number of rotatable bonds is 7. The average molecular weight is 479 g/mol. The molecule has 8 heteroatoms. The van der Waals surface area contributed by atoms with Crippen molar-refractivity contribution in [3.05, 3.63) is 81.3 Å². The molecule has 1 aliphatic rings. The number of aromatic nitrogens is 2. The van der Waals surface area contributed by atoms with Crippen LogP contribution in [0.4, 0.5) is 5.69 Å². The normalized spacial score (nSPS) is 13.7. The van der Waals surface area contributed by atoms with Crippen LogP contribution in [0.3, 0.4) is 0 Å². The van der Waals surface area contributed by atoms with E-state index >= 15 is 0 Å². The summed E-state index contributed by atoms with van der Waals surface area (Å²) in [7, 11) is 1.64. The molecule has 0 saturated carbocycles. The number of carbonyl (C=O) groups excluding carboxylic acids is 1. The third kappa shape index (κ3) is 5.80. The van der Waals surface area contributed by atoms with Gasteiger partial charge in [0, 0.05) is 48.9 Å². The number of thioether (sulfide) groups is 1. The second-order valence-corrected chi connectivity index (χ2v) is 9.42. The Kier molecular flexibility index (Phi) is 7.57. The Bertz CT molecular complexity index is 1220. The Balaban J connectivity index is 1.35. The zero-order valence-electron chi connectivity index (χ0n) is 19.8. The minimum Gasteiger partial charge on any atom is -0.497 e. The number of amides is 1. The maximum Gasteiger partial charge on any atom is 0.255 e. The summed E-state index contributed by atoms with van der Waals surface area (Å²) in [6, 6.07) is 16.2. The average Bonchev–Trinajstić information content (AvgIpc) is 2.85. The van der Waals surface area contributed by atoms with Gasteiger partial charge in [0.2, 0.25) is 5.91 Å². The van der Waals surface area contributed by atoms with Gasteiger partial charge in [-0.25, -0.2) is 4.98 Å². The Morgan fingerprint density at radius 3 is 2.56 bits per heavy atom. The minimum atomic E-state index is -0.243. The number of methoxy groups -OCH3 is 1. The molecular formula is C26H30N4O3S. The van der Waals surface area contributed by atoms with Gasteiger partial charge in [-0.15, -0.1) is 0 Å². The first kappa shape index (κ1) is 23.9. The molecule has 1 fully saturated rings. The largest absolute Gasteiger partial charge is 0.497 e. The van der Waals surface area contributed by atoms with E-state index in [1.54, 1.807) is 14.0 Å². The summed E-state index contributed by atoms with van der Waals surface area (Å²) in [4.78, 5) is 37.2. The molecule has 0 aliphatic carbocycles. The predicted octanol–water partition coefficient (Wildman–Crippen LogP) is 3.58. The fourth-order valence-corrected chi connectivity index (χ4v) is 4.93. The van der Waals surface area contributed by atoms with Crippen molar-refractivity contribution in [3.8, 4) is 5.75 Å². The van der Waals surface area contributed by atoms with E-state index in [1.807, 2.05) is 29.2 Å². The van der Waals surface area contributed by atoms with Crippen LogP contribution in [0.1, 0.15) is 22.4 Å². The van der Waals surface area contributed by atoms with Gasteiger partial charge < -0.3 is 19.5 Å². The monoisotopic (exact) mass is 478 g/mol. The van der Waals surface area contributed by atoms with Gasteiger partial charge in [0.25, 0.3) is 5.56 Å². The Morgan fingerprint density at radius 1 is 1.09 bits per heavy atom. The first-order valence-corrected chi connectivity index (χ1v) is 12.4. The summed E-state index contributed by atoms with van der Waals surface area (Å²) < 4.78 is 5.26. The summed E-state index contributed by atoms with van der Waals surface area (Å²) in [5.74, 6) is 1.42. The number of piperazine rings is 1. The van der Waals surface area contributed by atoms with E-state index in [0.29, 0.717) is 35.3 Å². The molecule has 0 spiro atoms. The van der Waals surface area contributed by atoms with Crippen molar-refractivity contribution in [3.63, 3.8) is 0 Å². The van der Waals surface area contributed by atoms with Crippen molar-refractivity contribution in [2.75, 3.05) is 38.2 Å². The summed E-state index contributed by atoms with van der Waals surface area (Å²) in [5, 5.41) is 0.549. The van der Waals surface area contributed by atoms with E-state index in [9.17, 15) is 9.59 Å². The number of aromatic amines is 1. The van der Waals surface area contributed by atoms with Crippen molar-refractivity contribution < 1.29 is 9.53 Å². The van der Waals surface area contributed by atoms with Crippen molar-refractivity contribution in [2.24, 2.45) is 0 Å². The summed E-state index contributed by atoms with van der Waals surface area (Å²) in [5.41, 5.74) is 4.29. The number of nitrogens with zero attached hydrogens (tertiary/aromatic N) is 3. The zero-order chi connectivity index (χ0) is 24.1. The molecule has 0 atom stereocenters. The molecule has 0 radical (unpaired) electrons. The number of H-pyrrole nitrogens is 1. The quantitative estimate of drug-likeness (QED) is 0.413. The van der Waals surface area contributed by atoms with Gasteiger partial charge in [0.15, 0.2) is 5.16 Å². The lowest BCUT2D eigenvalue weighted by atomic mass is 10.1. The first-order valence-electron chi connectivity index (χ1n) is 11.4. The summed E-state index contributed by atoms with van der Waals surface area (Å²) >= 11 is 1.45. The zero-order valence-corrected chi connectivity index (χ0v) is 20.7. The first-order chi connectivity index (χ1) is 16.4. The molecule has 0 bridgehead atoms. The van der Waals surface area contributed by atoms with Crippen molar-refractivity contribution in [2.45, 2.75) is 31.2 Å². The molecule has 3 aromatic rings. The van der Waals surface area contributed by atoms with Crippen LogP contribution >= 0.6 is 11.8 Å². The van der Waals surface area contributed by atoms with Crippen LogP contribution in [0, 0.1) is 13.8 Å². The second kappa shape index (κ2) is 10.8. The number of ether oxygens (including phenoxy) is 1. The van der Waals surface area contributed by atoms with Crippen LogP contribution in [0.25, 0.3) is 0 Å². The Labute approximate surface area is 204 Å². The van der Waals surface area contributed by atoms with E-state index in [1.165, 1.54) is 23.0 Å². The highest BCUT2D eigenvalue weighted by atomic mass is 32.2. The Morgan fingerprint density at radius 2 is 1.85 bits per heavy atom. The molecule has 0 unspecified atom stereocenters. The maximum absolute atomic E-state index is 12.9. The molecule has 4 rings (SSSR count). The van der Waals surface area contributed by atoms with Gasteiger partial charge in [0.1, 0.15) is 5.75 Å². The molecule has 2 heterocycles. The number of benzene rings is 2. The molecule has 1 aliphatic heterocycles. The van der Waals surface area contributed by atoms with E-state index in [0.717, 1.165) is 24.4 Å². The van der Waals surface area contributed by atoms with Crippen molar-refractivity contribution >= 4 is 23.4 Å². The van der Waals surface area contributed by atoms with Crippen LogP contribution < -0.4 is 15.2 Å². The van der Waals surface area contributed by atoms with Crippen LogP contribution in [0.15, 0.2) is 58.5 Å². The predicted molar refractivity (Wildman–Crippen MR) is 136 cm³/mol. The van der Waals surface area contributed by atoms with E-state index in [4.69, 9.17) is 4.74 Å². The number of hydrogen-bond acceptors (Lipinski definition) is 6. The SMILES string of the molecule is COc1cccc(CSc2nc(C)c(CC(=O)N3CCN(c4cccc(C)c4)CC3)c(=O)[nH]2)c1. The van der Waals surface area contributed by atoms with Gasteiger partial charge in [-0.2, -0.15) is 0 Å².